The van der Waals surface area contributed by atoms with Crippen LogP contribution in [0, 0.1) is 0 Å². The van der Waals surface area contributed by atoms with E-state index in [4.69, 9.17) is 10.7 Å². The lowest BCUT2D eigenvalue weighted by Crippen LogP contribution is -2.25. The number of hydrogen-bond donors (Lipinski definition) is 2. The van der Waals surface area contributed by atoms with Crippen molar-refractivity contribution in [3.63, 3.8) is 0 Å². The van der Waals surface area contributed by atoms with Crippen LogP contribution in [-0.2, 0) is 13.0 Å². The van der Waals surface area contributed by atoms with E-state index in [-0.39, 0.29) is 0 Å². The van der Waals surface area contributed by atoms with Gasteiger partial charge in [-0.05, 0) is 31.0 Å². The normalized spacial score (nSPS) is 13.5. The van der Waals surface area contributed by atoms with Crippen molar-refractivity contribution < 1.29 is 0 Å². The van der Waals surface area contributed by atoms with Crippen LogP contribution >= 0.6 is 0 Å². The van der Waals surface area contributed by atoms with E-state index in [1.807, 2.05) is 36.3 Å². The van der Waals surface area contributed by atoms with E-state index < -0.39 is 0 Å². The molecule has 1 aliphatic heterocycles. The molecule has 5 heterocycles. The monoisotopic (exact) mass is 387 g/mol. The van der Waals surface area contributed by atoms with E-state index in [0.717, 1.165) is 53.5 Å². The Balaban J connectivity index is 1.53. The zero-order valence-electron chi connectivity index (χ0n) is 16.1. The number of nitrogens with one attached hydrogen (secondary N) is 1. The summed E-state index contributed by atoms with van der Waals surface area (Å²) < 4.78 is 0. The van der Waals surface area contributed by atoms with E-state index in [1.165, 1.54) is 0 Å². The molecule has 0 radical (unpaired) electrons. The van der Waals surface area contributed by atoms with Crippen molar-refractivity contribution in [3.05, 3.63) is 54.1 Å². The van der Waals surface area contributed by atoms with Crippen LogP contribution in [0.1, 0.15) is 17.7 Å². The molecular weight excluding hydrogens is 366 g/mol. The van der Waals surface area contributed by atoms with E-state index in [1.54, 1.807) is 12.4 Å². The van der Waals surface area contributed by atoms with Gasteiger partial charge in [-0.15, -0.1) is 0 Å². The number of H-pyrrole nitrogens is 1. The summed E-state index contributed by atoms with van der Waals surface area (Å²) in [7, 11) is 1.90. The second kappa shape index (κ2) is 7.10. The van der Waals surface area contributed by atoms with Gasteiger partial charge in [0, 0.05) is 38.1 Å². The highest BCUT2D eigenvalue weighted by Gasteiger charge is 2.24. The SMILES string of the molecule is CN(c1cnc2c(N3CCCc4ncccc43)n[nH]c2n1)c1ncccc1CN. The zero-order chi connectivity index (χ0) is 19.8. The Morgan fingerprint density at radius 2 is 2.03 bits per heavy atom. The van der Waals surface area contributed by atoms with Crippen molar-refractivity contribution in [2.75, 3.05) is 23.4 Å². The van der Waals surface area contributed by atoms with E-state index >= 15 is 0 Å². The average molecular weight is 387 g/mol. The number of anilines is 4. The Labute approximate surface area is 167 Å². The summed E-state index contributed by atoms with van der Waals surface area (Å²) in [6.45, 7) is 1.27. The summed E-state index contributed by atoms with van der Waals surface area (Å²) in [5.74, 6) is 2.21. The second-order valence-corrected chi connectivity index (χ2v) is 6.95. The molecule has 0 atom stereocenters. The number of nitrogens with two attached hydrogens (primary N) is 1. The van der Waals surface area contributed by atoms with Crippen molar-refractivity contribution in [2.24, 2.45) is 5.73 Å². The first-order chi connectivity index (χ1) is 14.3. The fraction of sp³-hybridized carbons (Fsp3) is 0.250. The van der Waals surface area contributed by atoms with E-state index in [0.29, 0.717) is 18.0 Å². The van der Waals surface area contributed by atoms with Crippen molar-refractivity contribution in [1.82, 2.24) is 30.1 Å². The van der Waals surface area contributed by atoms with Crippen LogP contribution in [0.15, 0.2) is 42.9 Å². The summed E-state index contributed by atoms with van der Waals surface area (Å²) >= 11 is 0. The highest BCUT2D eigenvalue weighted by atomic mass is 15.3. The van der Waals surface area contributed by atoms with Crippen LogP contribution in [-0.4, -0.2) is 43.7 Å². The van der Waals surface area contributed by atoms with Gasteiger partial charge < -0.3 is 15.5 Å². The predicted molar refractivity (Wildman–Crippen MR) is 111 cm³/mol. The fourth-order valence-corrected chi connectivity index (χ4v) is 3.74. The zero-order valence-corrected chi connectivity index (χ0v) is 16.1. The molecule has 0 saturated carbocycles. The minimum atomic E-state index is 0.403. The molecule has 1 aliphatic rings. The van der Waals surface area contributed by atoms with Crippen molar-refractivity contribution in [1.29, 1.82) is 0 Å². The molecule has 4 aromatic heterocycles. The Kier molecular flexibility index (Phi) is 4.28. The molecule has 4 aromatic rings. The molecule has 3 N–H and O–H groups in total. The maximum absolute atomic E-state index is 5.85. The molecule has 0 spiro atoms. The number of aromatic amines is 1. The Morgan fingerprint density at radius 3 is 2.93 bits per heavy atom. The Hall–Kier alpha value is -3.59. The molecule has 0 aromatic carbocycles. The quantitative estimate of drug-likeness (QED) is 0.549. The molecule has 9 heteroatoms. The number of pyridine rings is 2. The third-order valence-electron chi connectivity index (χ3n) is 5.20. The molecular formula is C20H21N9. The molecule has 0 bridgehead atoms. The molecule has 5 rings (SSSR count). The summed E-state index contributed by atoms with van der Waals surface area (Å²) in [6.07, 6.45) is 7.31. The van der Waals surface area contributed by atoms with Gasteiger partial charge in [0.2, 0.25) is 0 Å². The molecule has 0 aliphatic carbocycles. The van der Waals surface area contributed by atoms with Crippen LogP contribution in [0.25, 0.3) is 11.2 Å². The number of rotatable bonds is 4. The highest BCUT2D eigenvalue weighted by molar-refractivity contribution is 5.87. The van der Waals surface area contributed by atoms with Gasteiger partial charge in [0.15, 0.2) is 22.8 Å². The van der Waals surface area contributed by atoms with Crippen LogP contribution in [0.2, 0.25) is 0 Å². The number of fused-ring (bicyclic) bond motifs is 2. The summed E-state index contributed by atoms with van der Waals surface area (Å²) in [5, 5.41) is 7.55. The highest BCUT2D eigenvalue weighted by Crippen LogP contribution is 2.34. The van der Waals surface area contributed by atoms with Crippen molar-refractivity contribution in [3.8, 4) is 0 Å². The predicted octanol–water partition coefficient (Wildman–Crippen LogP) is 2.45. The van der Waals surface area contributed by atoms with Crippen LogP contribution in [0.3, 0.4) is 0 Å². The topological polar surface area (TPSA) is 113 Å². The molecule has 29 heavy (non-hydrogen) atoms. The van der Waals surface area contributed by atoms with Crippen LogP contribution in [0.5, 0.6) is 0 Å². The molecule has 0 amide bonds. The first kappa shape index (κ1) is 17.5. The third kappa shape index (κ3) is 2.95. The van der Waals surface area contributed by atoms with Gasteiger partial charge in [0.1, 0.15) is 5.82 Å². The minimum absolute atomic E-state index is 0.403. The third-order valence-corrected chi connectivity index (χ3v) is 5.20. The number of aromatic nitrogens is 6. The fourth-order valence-electron chi connectivity index (χ4n) is 3.74. The van der Waals surface area contributed by atoms with Crippen molar-refractivity contribution in [2.45, 2.75) is 19.4 Å². The summed E-state index contributed by atoms with van der Waals surface area (Å²) in [6, 6.07) is 7.86. The maximum atomic E-state index is 5.85. The molecule has 0 fully saturated rings. The van der Waals surface area contributed by atoms with Gasteiger partial charge in [-0.3, -0.25) is 10.1 Å². The summed E-state index contributed by atoms with van der Waals surface area (Å²) in [4.78, 5) is 22.4. The Morgan fingerprint density at radius 1 is 1.17 bits per heavy atom. The molecule has 146 valence electrons. The lowest BCUT2D eigenvalue weighted by atomic mass is 10.1. The molecule has 0 saturated heterocycles. The Bertz CT molecular complexity index is 1170. The van der Waals surface area contributed by atoms with Gasteiger partial charge in [-0.1, -0.05) is 6.07 Å². The van der Waals surface area contributed by atoms with Gasteiger partial charge >= 0.3 is 0 Å². The lowest BCUT2D eigenvalue weighted by Gasteiger charge is -2.28. The largest absolute Gasteiger partial charge is 0.326 e. The minimum Gasteiger partial charge on any atom is -0.326 e. The van der Waals surface area contributed by atoms with Crippen LogP contribution < -0.4 is 15.5 Å². The lowest BCUT2D eigenvalue weighted by molar-refractivity contribution is 0.738. The second-order valence-electron chi connectivity index (χ2n) is 6.95. The molecule has 9 nitrogen and oxygen atoms in total. The first-order valence-corrected chi connectivity index (χ1v) is 9.56. The van der Waals surface area contributed by atoms with Gasteiger partial charge in [-0.2, -0.15) is 5.10 Å². The van der Waals surface area contributed by atoms with E-state index in [2.05, 4.69) is 36.1 Å². The molecule has 0 unspecified atom stereocenters. The maximum Gasteiger partial charge on any atom is 0.183 e. The number of aryl methyl sites for hydroxylation is 1. The van der Waals surface area contributed by atoms with Gasteiger partial charge in [0.05, 0.1) is 17.6 Å². The van der Waals surface area contributed by atoms with Crippen molar-refractivity contribution >= 4 is 34.3 Å². The van der Waals surface area contributed by atoms with Crippen LogP contribution in [0.4, 0.5) is 23.1 Å². The van der Waals surface area contributed by atoms with E-state index in [9.17, 15) is 0 Å². The van der Waals surface area contributed by atoms with Gasteiger partial charge in [-0.25, -0.2) is 15.0 Å². The average Bonchev–Trinajstić information content (AvgIpc) is 3.21. The number of hydrogen-bond acceptors (Lipinski definition) is 8. The van der Waals surface area contributed by atoms with Gasteiger partial charge in [0.25, 0.3) is 0 Å². The standard InChI is InChI=1S/C20H21N9/c1-28(19-13(11-21)5-2-9-23-19)16-12-24-17-18(25-16)26-27-20(17)29-10-4-6-14-15(29)7-3-8-22-14/h2-3,5,7-9,12H,4,6,10-11,21H2,1H3,(H,25,26,27). The summed E-state index contributed by atoms with van der Waals surface area (Å²) in [5.41, 5.74) is 10.3. The first-order valence-electron chi connectivity index (χ1n) is 9.56. The smallest absolute Gasteiger partial charge is 0.183 e. The number of nitrogens with zero attached hydrogens (tertiary/aromatic N) is 7.